The minimum absolute atomic E-state index is 0.842. The summed E-state index contributed by atoms with van der Waals surface area (Å²) in [6.45, 7) is -1.16. The van der Waals surface area contributed by atoms with E-state index in [1.807, 2.05) is 0 Å². The van der Waals surface area contributed by atoms with Crippen LogP contribution in [0.15, 0.2) is 18.2 Å². The van der Waals surface area contributed by atoms with Crippen molar-refractivity contribution in [3.8, 4) is 5.75 Å². The number of benzene rings is 1. The highest BCUT2D eigenvalue weighted by atomic mass is 19.4. The average molecular weight is 268 g/mol. The van der Waals surface area contributed by atoms with Gasteiger partial charge in [-0.05, 0) is 12.1 Å². The van der Waals surface area contributed by atoms with Gasteiger partial charge >= 0.3 is 6.18 Å². The molecule has 0 saturated carbocycles. The van der Waals surface area contributed by atoms with Gasteiger partial charge in [-0.25, -0.2) is 8.78 Å². The third kappa shape index (κ3) is 3.31. The van der Waals surface area contributed by atoms with Gasteiger partial charge in [0.1, 0.15) is 18.4 Å². The van der Waals surface area contributed by atoms with Crippen molar-refractivity contribution in [1.29, 1.82) is 5.41 Å². The quantitative estimate of drug-likeness (QED) is 0.500. The SMILES string of the molecule is N=C(N)C(COc1c(F)cccc1F)C(F)(F)F. The van der Waals surface area contributed by atoms with Gasteiger partial charge in [-0.1, -0.05) is 6.07 Å². The molecule has 3 nitrogen and oxygen atoms in total. The van der Waals surface area contributed by atoms with Crippen LogP contribution in [0.2, 0.25) is 0 Å². The van der Waals surface area contributed by atoms with Gasteiger partial charge in [0.2, 0.25) is 0 Å². The molecule has 1 unspecified atom stereocenters. The minimum atomic E-state index is -4.81. The van der Waals surface area contributed by atoms with Gasteiger partial charge in [0, 0.05) is 0 Å². The fourth-order valence-electron chi connectivity index (χ4n) is 1.15. The molecule has 0 fully saturated rings. The van der Waals surface area contributed by atoms with Gasteiger partial charge in [0.25, 0.3) is 0 Å². The Morgan fingerprint density at radius 1 is 1.28 bits per heavy atom. The number of halogens is 5. The number of nitrogens with one attached hydrogen (secondary N) is 1. The van der Waals surface area contributed by atoms with Gasteiger partial charge < -0.3 is 10.5 Å². The summed E-state index contributed by atoms with van der Waals surface area (Å²) in [7, 11) is 0. The zero-order chi connectivity index (χ0) is 13.9. The van der Waals surface area contributed by atoms with E-state index in [1.165, 1.54) is 0 Å². The van der Waals surface area contributed by atoms with Crippen LogP contribution in [0.1, 0.15) is 0 Å². The van der Waals surface area contributed by atoms with E-state index in [4.69, 9.17) is 11.1 Å². The van der Waals surface area contributed by atoms with Crippen LogP contribution in [0.4, 0.5) is 22.0 Å². The molecule has 0 bridgehead atoms. The third-order valence-electron chi connectivity index (χ3n) is 2.08. The smallest absolute Gasteiger partial charge is 0.401 e. The van der Waals surface area contributed by atoms with Crippen LogP contribution in [-0.2, 0) is 0 Å². The van der Waals surface area contributed by atoms with Crippen LogP contribution in [0.25, 0.3) is 0 Å². The molecule has 1 atom stereocenters. The number of para-hydroxylation sites is 1. The minimum Gasteiger partial charge on any atom is -0.486 e. The molecule has 1 aromatic carbocycles. The van der Waals surface area contributed by atoms with Gasteiger partial charge in [-0.3, -0.25) is 5.41 Å². The summed E-state index contributed by atoms with van der Waals surface area (Å²) in [5.41, 5.74) is 4.76. The summed E-state index contributed by atoms with van der Waals surface area (Å²) >= 11 is 0. The molecule has 100 valence electrons. The lowest BCUT2D eigenvalue weighted by Gasteiger charge is -2.19. The van der Waals surface area contributed by atoms with Crippen LogP contribution < -0.4 is 10.5 Å². The summed E-state index contributed by atoms with van der Waals surface area (Å²) in [4.78, 5) is 0. The fourth-order valence-corrected chi connectivity index (χ4v) is 1.15. The molecule has 0 saturated heterocycles. The zero-order valence-corrected chi connectivity index (χ0v) is 8.89. The summed E-state index contributed by atoms with van der Waals surface area (Å²) < 4.78 is 67.7. The van der Waals surface area contributed by atoms with Crippen LogP contribution in [0.5, 0.6) is 5.75 Å². The van der Waals surface area contributed by atoms with Gasteiger partial charge in [-0.15, -0.1) is 0 Å². The van der Waals surface area contributed by atoms with E-state index < -0.39 is 41.9 Å². The largest absolute Gasteiger partial charge is 0.486 e. The van der Waals surface area contributed by atoms with E-state index in [9.17, 15) is 22.0 Å². The summed E-state index contributed by atoms with van der Waals surface area (Å²) in [5.74, 6) is -6.76. The predicted octanol–water partition coefficient (Wildman–Crippen LogP) is 2.46. The topological polar surface area (TPSA) is 59.1 Å². The van der Waals surface area contributed by atoms with Crippen molar-refractivity contribution in [3.63, 3.8) is 0 Å². The van der Waals surface area contributed by atoms with Crippen LogP contribution in [-0.4, -0.2) is 18.6 Å². The van der Waals surface area contributed by atoms with Crippen molar-refractivity contribution >= 4 is 5.84 Å². The van der Waals surface area contributed by atoms with Crippen molar-refractivity contribution in [2.24, 2.45) is 11.7 Å². The van der Waals surface area contributed by atoms with E-state index in [0.717, 1.165) is 18.2 Å². The normalized spacial score (nSPS) is 13.2. The van der Waals surface area contributed by atoms with Crippen molar-refractivity contribution in [1.82, 2.24) is 0 Å². The average Bonchev–Trinajstić information content (AvgIpc) is 2.19. The van der Waals surface area contributed by atoms with Crippen molar-refractivity contribution in [2.45, 2.75) is 6.18 Å². The van der Waals surface area contributed by atoms with E-state index >= 15 is 0 Å². The number of ether oxygens (including phenoxy) is 1. The highest BCUT2D eigenvalue weighted by Gasteiger charge is 2.42. The van der Waals surface area contributed by atoms with Gasteiger partial charge in [-0.2, -0.15) is 13.2 Å². The number of rotatable bonds is 4. The molecule has 0 spiro atoms. The first-order chi connectivity index (χ1) is 8.23. The van der Waals surface area contributed by atoms with Gasteiger partial charge in [0.05, 0.1) is 0 Å². The Labute approximate surface area is 98.9 Å². The number of hydrogen-bond acceptors (Lipinski definition) is 2. The Hall–Kier alpha value is -1.86. The van der Waals surface area contributed by atoms with E-state index in [-0.39, 0.29) is 0 Å². The molecular weight excluding hydrogens is 259 g/mol. The summed E-state index contributed by atoms with van der Waals surface area (Å²) in [6, 6.07) is 2.73. The maximum atomic E-state index is 13.1. The standard InChI is InChI=1S/C10H9F5N2O/c11-6-2-1-3-7(12)8(6)18-4-5(9(16)17)10(13,14)15/h1-3,5H,4H2,(H3,16,17). The molecular formula is C10H9F5N2O. The molecule has 0 heterocycles. The first kappa shape index (κ1) is 14.2. The molecule has 0 amide bonds. The van der Waals surface area contributed by atoms with Crippen molar-refractivity contribution in [3.05, 3.63) is 29.8 Å². The fraction of sp³-hybridized carbons (Fsp3) is 0.300. The molecule has 0 aliphatic heterocycles. The number of amidine groups is 1. The van der Waals surface area contributed by atoms with Crippen LogP contribution >= 0.6 is 0 Å². The molecule has 0 aliphatic rings. The van der Waals surface area contributed by atoms with Crippen molar-refractivity contribution < 1.29 is 26.7 Å². The molecule has 0 radical (unpaired) electrons. The summed E-state index contributed by atoms with van der Waals surface area (Å²) in [6.07, 6.45) is -4.81. The maximum absolute atomic E-state index is 13.1. The second-order valence-electron chi connectivity index (χ2n) is 3.41. The molecule has 1 aromatic rings. The Balaban J connectivity index is 2.83. The lowest BCUT2D eigenvalue weighted by molar-refractivity contribution is -0.162. The Morgan fingerprint density at radius 2 is 1.78 bits per heavy atom. The predicted molar refractivity (Wildman–Crippen MR) is 53.3 cm³/mol. The molecule has 8 heteroatoms. The second-order valence-corrected chi connectivity index (χ2v) is 3.41. The number of nitrogens with two attached hydrogens (primary N) is 1. The molecule has 0 aliphatic carbocycles. The Morgan fingerprint density at radius 3 is 2.17 bits per heavy atom. The zero-order valence-electron chi connectivity index (χ0n) is 8.89. The number of hydrogen-bond donors (Lipinski definition) is 2. The lowest BCUT2D eigenvalue weighted by Crippen LogP contribution is -2.39. The van der Waals surface area contributed by atoms with E-state index in [1.54, 1.807) is 0 Å². The lowest BCUT2D eigenvalue weighted by atomic mass is 10.1. The maximum Gasteiger partial charge on any atom is 0.401 e. The van der Waals surface area contributed by atoms with E-state index in [0.29, 0.717) is 0 Å². The second kappa shape index (κ2) is 5.19. The highest BCUT2D eigenvalue weighted by molar-refractivity contribution is 5.80. The molecule has 1 rings (SSSR count). The summed E-state index contributed by atoms with van der Waals surface area (Å²) in [5, 5.41) is 6.77. The Bertz CT molecular complexity index is 426. The molecule has 3 N–H and O–H groups in total. The monoisotopic (exact) mass is 268 g/mol. The molecule has 0 aromatic heterocycles. The first-order valence-corrected chi connectivity index (χ1v) is 4.71. The molecule has 18 heavy (non-hydrogen) atoms. The first-order valence-electron chi connectivity index (χ1n) is 4.71. The van der Waals surface area contributed by atoms with Crippen LogP contribution in [0, 0.1) is 23.0 Å². The van der Waals surface area contributed by atoms with E-state index in [2.05, 4.69) is 4.74 Å². The highest BCUT2D eigenvalue weighted by Crippen LogP contribution is 2.28. The van der Waals surface area contributed by atoms with Gasteiger partial charge in [0.15, 0.2) is 17.4 Å². The number of alkyl halides is 3. The Kier molecular flexibility index (Phi) is 4.10. The van der Waals surface area contributed by atoms with Crippen molar-refractivity contribution in [2.75, 3.05) is 6.61 Å². The third-order valence-corrected chi connectivity index (χ3v) is 2.08. The van der Waals surface area contributed by atoms with Crippen LogP contribution in [0.3, 0.4) is 0 Å².